The van der Waals surface area contributed by atoms with Gasteiger partial charge in [0.1, 0.15) is 5.75 Å². The van der Waals surface area contributed by atoms with Gasteiger partial charge >= 0.3 is 6.18 Å². The van der Waals surface area contributed by atoms with Gasteiger partial charge in [0.25, 0.3) is 11.1 Å². The highest BCUT2D eigenvalue weighted by molar-refractivity contribution is 5.88. The molecule has 322 valence electrons. The highest BCUT2D eigenvalue weighted by Gasteiger charge is 2.31. The molecule has 0 bridgehead atoms. The number of benzene rings is 3. The van der Waals surface area contributed by atoms with E-state index in [1.54, 1.807) is 34.6 Å². The Kier molecular flexibility index (Phi) is 11.0. The molecule has 0 amide bonds. The van der Waals surface area contributed by atoms with Gasteiger partial charge in [-0.25, -0.2) is 0 Å². The van der Waals surface area contributed by atoms with Gasteiger partial charge in [0.05, 0.1) is 40.8 Å². The van der Waals surface area contributed by atoms with Gasteiger partial charge in [0, 0.05) is 98.1 Å². The number of halogens is 3. The van der Waals surface area contributed by atoms with E-state index in [9.17, 15) is 22.8 Å². The molecular formula is C51H49F3N6O3. The third kappa shape index (κ3) is 7.88. The number of rotatable bonds is 6. The summed E-state index contributed by atoms with van der Waals surface area (Å²) in [5.74, 6) is 0.806. The van der Waals surface area contributed by atoms with Gasteiger partial charge in [0.2, 0.25) is 0 Å². The Balaban J connectivity index is 0.000000162. The lowest BCUT2D eigenvalue weighted by Gasteiger charge is -2.31. The molecule has 0 fully saturated rings. The number of hydrogen-bond acceptors (Lipinski definition) is 5. The first-order valence-corrected chi connectivity index (χ1v) is 21.4. The van der Waals surface area contributed by atoms with E-state index >= 15 is 0 Å². The van der Waals surface area contributed by atoms with Crippen LogP contribution >= 0.6 is 0 Å². The first-order valence-electron chi connectivity index (χ1n) is 21.4. The monoisotopic (exact) mass is 850 g/mol. The lowest BCUT2D eigenvalue weighted by Crippen LogP contribution is -2.36. The molecule has 0 spiro atoms. The number of aryl methyl sites for hydroxylation is 3. The molecule has 0 radical (unpaired) electrons. The molecule has 10 rings (SSSR count). The third-order valence-electron chi connectivity index (χ3n) is 12.9. The summed E-state index contributed by atoms with van der Waals surface area (Å²) in [6, 6.07) is 29.7. The van der Waals surface area contributed by atoms with E-state index in [4.69, 9.17) is 4.74 Å². The second kappa shape index (κ2) is 16.6. The predicted molar refractivity (Wildman–Crippen MR) is 243 cm³/mol. The van der Waals surface area contributed by atoms with Crippen molar-refractivity contribution in [2.75, 3.05) is 13.7 Å². The lowest BCUT2D eigenvalue weighted by molar-refractivity contribution is -0.137. The summed E-state index contributed by atoms with van der Waals surface area (Å²) in [4.78, 5) is 32.2. The van der Waals surface area contributed by atoms with Crippen molar-refractivity contribution in [2.45, 2.75) is 64.7 Å². The number of methoxy groups -OCH3 is 1. The molecule has 1 aliphatic heterocycles. The maximum atomic E-state index is 12.9. The van der Waals surface area contributed by atoms with Gasteiger partial charge < -0.3 is 13.9 Å². The third-order valence-corrected chi connectivity index (χ3v) is 12.9. The largest absolute Gasteiger partial charge is 0.497 e. The summed E-state index contributed by atoms with van der Waals surface area (Å²) >= 11 is 0. The number of nitrogens with zero attached hydrogens (tertiary/aromatic N) is 6. The molecule has 2 aliphatic rings. The first kappa shape index (κ1) is 41.7. The fourth-order valence-corrected chi connectivity index (χ4v) is 9.31. The summed E-state index contributed by atoms with van der Waals surface area (Å²) in [6.07, 6.45) is 5.66. The minimum absolute atomic E-state index is 0.0309. The van der Waals surface area contributed by atoms with E-state index < -0.39 is 11.7 Å². The van der Waals surface area contributed by atoms with Crippen LogP contribution < -0.4 is 15.9 Å². The van der Waals surface area contributed by atoms with Crippen LogP contribution in [0.25, 0.3) is 55.6 Å². The maximum Gasteiger partial charge on any atom is 0.417 e. The summed E-state index contributed by atoms with van der Waals surface area (Å²) in [5, 5.41) is 2.53. The van der Waals surface area contributed by atoms with Crippen LogP contribution in [0.3, 0.4) is 0 Å². The van der Waals surface area contributed by atoms with Gasteiger partial charge in [-0.2, -0.15) is 13.2 Å². The number of alkyl halides is 3. The number of hydrogen-bond donors (Lipinski definition) is 0. The molecule has 0 atom stereocenters. The number of ether oxygens (including phenoxy) is 1. The summed E-state index contributed by atoms with van der Waals surface area (Å²) < 4.78 is 51.4. The number of aromatic nitrogens is 5. The SMILES string of the molecule is CC(C)N1CCc2c(c3ccc(-n4ccc(-c5ccc(C(F)(F)F)cn5)cc4=O)cc3n2C)C1.COc1ccc(-c2ccn(-c3ccc4c5c(n(C)c4c3)CCCC5)c(=O)c2)cc1. The molecule has 5 aromatic heterocycles. The Morgan fingerprint density at radius 1 is 0.651 bits per heavy atom. The quantitative estimate of drug-likeness (QED) is 0.167. The zero-order valence-corrected chi connectivity index (χ0v) is 36.0. The second-order valence-electron chi connectivity index (χ2n) is 16.8. The van der Waals surface area contributed by atoms with Crippen LogP contribution in [0.2, 0.25) is 0 Å². The standard InChI is InChI=1S/C26H25F3N4O.C25H24N2O2/c1-16(2)32-10-9-23-21(15-32)20-6-5-19(13-24(20)31(23)3)33-11-8-17(12-25(33)34)22-7-4-18(14-30-22)26(27,28)29;1-26-23-6-4-3-5-21(23)22-12-9-19(16-24(22)26)27-14-13-18(15-25(27)28)17-7-10-20(29-2)11-8-17/h4-8,11-14,16H,9-10,15H2,1-3H3;7-16H,3-6H2,1-2H3. The van der Waals surface area contributed by atoms with Crippen LogP contribution in [0.15, 0.2) is 125 Å². The zero-order valence-electron chi connectivity index (χ0n) is 36.0. The summed E-state index contributed by atoms with van der Waals surface area (Å²) in [7, 11) is 5.86. The van der Waals surface area contributed by atoms with Crippen LogP contribution in [-0.2, 0) is 46.1 Å². The molecular weight excluding hydrogens is 802 g/mol. The van der Waals surface area contributed by atoms with Crippen LogP contribution in [0.5, 0.6) is 5.75 Å². The molecule has 6 heterocycles. The van der Waals surface area contributed by atoms with Crippen LogP contribution in [0.4, 0.5) is 13.2 Å². The minimum Gasteiger partial charge on any atom is -0.497 e. The summed E-state index contributed by atoms with van der Waals surface area (Å²) in [6.45, 7) is 6.37. The number of pyridine rings is 3. The van der Waals surface area contributed by atoms with Crippen molar-refractivity contribution >= 4 is 21.8 Å². The van der Waals surface area contributed by atoms with Gasteiger partial charge in [-0.05, 0) is 122 Å². The van der Waals surface area contributed by atoms with Crippen molar-refractivity contribution in [2.24, 2.45) is 14.1 Å². The Morgan fingerprint density at radius 2 is 1.24 bits per heavy atom. The van der Waals surface area contributed by atoms with Crippen molar-refractivity contribution < 1.29 is 17.9 Å². The van der Waals surface area contributed by atoms with Crippen LogP contribution in [-0.4, -0.2) is 47.8 Å². The molecule has 0 saturated heterocycles. The van der Waals surface area contributed by atoms with E-state index in [2.05, 4.69) is 71.2 Å². The molecule has 0 saturated carbocycles. The molecule has 0 N–H and O–H groups in total. The lowest BCUT2D eigenvalue weighted by atomic mass is 9.95. The molecule has 1 aliphatic carbocycles. The van der Waals surface area contributed by atoms with E-state index in [-0.39, 0.29) is 11.1 Å². The first-order chi connectivity index (χ1) is 30.3. The van der Waals surface area contributed by atoms with Crippen LogP contribution in [0.1, 0.15) is 54.8 Å². The minimum atomic E-state index is -4.45. The van der Waals surface area contributed by atoms with Crippen LogP contribution in [0, 0.1) is 0 Å². The Hall–Kier alpha value is -6.66. The molecule has 63 heavy (non-hydrogen) atoms. The van der Waals surface area contributed by atoms with Crippen molar-refractivity contribution in [1.29, 1.82) is 0 Å². The Labute approximate surface area is 363 Å². The van der Waals surface area contributed by atoms with Crippen molar-refractivity contribution in [3.05, 3.63) is 164 Å². The fourth-order valence-electron chi connectivity index (χ4n) is 9.31. The van der Waals surface area contributed by atoms with E-state index in [1.165, 1.54) is 63.8 Å². The smallest absolute Gasteiger partial charge is 0.417 e. The van der Waals surface area contributed by atoms with Gasteiger partial charge in [-0.1, -0.05) is 24.3 Å². The normalized spacial score (nSPS) is 14.1. The maximum absolute atomic E-state index is 12.9. The molecule has 8 aromatic rings. The zero-order chi connectivity index (χ0) is 44.2. The molecule has 0 unspecified atom stereocenters. The van der Waals surface area contributed by atoms with Gasteiger partial charge in [0.15, 0.2) is 0 Å². The average molecular weight is 851 g/mol. The predicted octanol–water partition coefficient (Wildman–Crippen LogP) is 10.1. The molecule has 3 aromatic carbocycles. The highest BCUT2D eigenvalue weighted by Crippen LogP contribution is 2.35. The van der Waals surface area contributed by atoms with Gasteiger partial charge in [-0.15, -0.1) is 0 Å². The molecule has 12 heteroatoms. The van der Waals surface area contributed by atoms with E-state index in [1.807, 2.05) is 48.7 Å². The topological polar surface area (TPSA) is 79.2 Å². The van der Waals surface area contributed by atoms with E-state index in [0.717, 1.165) is 78.4 Å². The second-order valence-corrected chi connectivity index (χ2v) is 16.8. The van der Waals surface area contributed by atoms with Gasteiger partial charge in [-0.3, -0.25) is 28.6 Å². The van der Waals surface area contributed by atoms with E-state index in [0.29, 0.717) is 17.3 Å². The summed E-state index contributed by atoms with van der Waals surface area (Å²) in [5.41, 5.74) is 11.1. The van der Waals surface area contributed by atoms with Crippen molar-refractivity contribution in [3.63, 3.8) is 0 Å². The highest BCUT2D eigenvalue weighted by atomic mass is 19.4. The Morgan fingerprint density at radius 3 is 1.81 bits per heavy atom. The van der Waals surface area contributed by atoms with Crippen molar-refractivity contribution in [1.82, 2.24) is 28.2 Å². The fraction of sp³-hybridized carbons (Fsp3) is 0.275. The van der Waals surface area contributed by atoms with Crippen molar-refractivity contribution in [3.8, 4) is 39.5 Å². The average Bonchev–Trinajstić information content (AvgIpc) is 3.74. The number of fused-ring (bicyclic) bond motifs is 6. The Bertz CT molecular complexity index is 3120. The molecule has 9 nitrogen and oxygen atoms in total.